The lowest BCUT2D eigenvalue weighted by Crippen LogP contribution is -2.40. The van der Waals surface area contributed by atoms with Crippen molar-refractivity contribution in [1.82, 2.24) is 4.98 Å². The van der Waals surface area contributed by atoms with Crippen molar-refractivity contribution in [1.29, 1.82) is 0 Å². The number of ether oxygens (including phenoxy) is 1. The summed E-state index contributed by atoms with van der Waals surface area (Å²) < 4.78 is 20.0. The van der Waals surface area contributed by atoms with Gasteiger partial charge in [0.1, 0.15) is 17.4 Å². The zero-order valence-corrected chi connectivity index (χ0v) is 29.8. The number of carbonyl (C=O) groups is 1. The molecule has 1 heterocycles. The van der Waals surface area contributed by atoms with Crippen molar-refractivity contribution in [3.05, 3.63) is 53.5 Å². The predicted molar refractivity (Wildman–Crippen MR) is 191 cm³/mol. The zero-order valence-electron chi connectivity index (χ0n) is 29.8. The van der Waals surface area contributed by atoms with Crippen molar-refractivity contribution in [3.8, 4) is 5.75 Å². The molecule has 2 rings (SSSR count). The molecule has 46 heavy (non-hydrogen) atoms. The van der Waals surface area contributed by atoms with Crippen LogP contribution in [0.3, 0.4) is 0 Å². The number of unbranched alkanes of at least 4 members (excludes halogenated alkanes) is 19. The van der Waals surface area contributed by atoms with E-state index in [1.54, 1.807) is 11.0 Å². The summed E-state index contributed by atoms with van der Waals surface area (Å²) in [5.41, 5.74) is 0.719. The number of hydrogen-bond acceptors (Lipinski definition) is 4. The highest BCUT2D eigenvalue weighted by Crippen LogP contribution is 2.30. The van der Waals surface area contributed by atoms with Crippen LogP contribution in [0.2, 0.25) is 0 Å². The van der Waals surface area contributed by atoms with Gasteiger partial charge in [-0.05, 0) is 49.4 Å². The summed E-state index contributed by atoms with van der Waals surface area (Å²) in [6.07, 6.45) is 27.2. The standard InChI is InChI=1S/C40H65FN2O3/c1-34-26-25-27-38(42-34)43(39(45)36-29-28-35(46-4)32-37(36)41)33-40(2,3)30-23-21-19-17-15-13-11-9-7-5-6-8-10-12-14-16-18-20-22-24-31-44/h25-29,32,44H,5-24,30-31,33H2,1-4H3. The first kappa shape index (κ1) is 39.7. The van der Waals surface area contributed by atoms with Crippen LogP contribution in [0, 0.1) is 18.2 Å². The number of aliphatic hydroxyl groups is 1. The molecule has 1 N–H and O–H groups in total. The quantitative estimate of drug-likeness (QED) is 0.0987. The number of hydrogen-bond donors (Lipinski definition) is 1. The highest BCUT2D eigenvalue weighted by atomic mass is 19.1. The normalized spacial score (nSPS) is 11.6. The molecule has 0 fully saturated rings. The summed E-state index contributed by atoms with van der Waals surface area (Å²) in [7, 11) is 1.49. The van der Waals surface area contributed by atoms with Gasteiger partial charge in [0.15, 0.2) is 0 Å². The predicted octanol–water partition coefficient (Wildman–Crippen LogP) is 11.4. The third kappa shape index (κ3) is 16.9. The maximum Gasteiger partial charge on any atom is 0.262 e. The van der Waals surface area contributed by atoms with E-state index in [0.717, 1.165) is 25.0 Å². The Morgan fingerprint density at radius 1 is 0.761 bits per heavy atom. The third-order valence-electron chi connectivity index (χ3n) is 9.15. The van der Waals surface area contributed by atoms with E-state index >= 15 is 0 Å². The van der Waals surface area contributed by atoms with E-state index in [1.807, 2.05) is 25.1 Å². The molecule has 0 unspecified atom stereocenters. The molecular weight excluding hydrogens is 575 g/mol. The number of pyridine rings is 1. The first-order valence-electron chi connectivity index (χ1n) is 18.5. The Labute approximate surface area is 280 Å². The monoisotopic (exact) mass is 640 g/mol. The smallest absolute Gasteiger partial charge is 0.262 e. The average molecular weight is 641 g/mol. The van der Waals surface area contributed by atoms with Crippen LogP contribution < -0.4 is 9.64 Å². The van der Waals surface area contributed by atoms with Gasteiger partial charge in [0.05, 0.1) is 12.7 Å². The second kappa shape index (κ2) is 23.8. The molecule has 0 atom stereocenters. The Bertz CT molecular complexity index is 1090. The van der Waals surface area contributed by atoms with Gasteiger partial charge in [0, 0.05) is 24.9 Å². The van der Waals surface area contributed by atoms with Gasteiger partial charge >= 0.3 is 0 Å². The summed E-state index contributed by atoms with van der Waals surface area (Å²) in [5, 5.41) is 8.82. The highest BCUT2D eigenvalue weighted by Gasteiger charge is 2.29. The summed E-state index contributed by atoms with van der Waals surface area (Å²) in [6.45, 7) is 7.11. The number of amides is 1. The van der Waals surface area contributed by atoms with Gasteiger partial charge in [-0.25, -0.2) is 9.37 Å². The van der Waals surface area contributed by atoms with E-state index in [1.165, 1.54) is 135 Å². The fourth-order valence-corrected chi connectivity index (χ4v) is 6.28. The van der Waals surface area contributed by atoms with Crippen molar-refractivity contribution < 1.29 is 19.0 Å². The highest BCUT2D eigenvalue weighted by molar-refractivity contribution is 6.05. The number of rotatable bonds is 27. The molecule has 0 radical (unpaired) electrons. The number of aryl methyl sites for hydroxylation is 1. The maximum atomic E-state index is 14.9. The lowest BCUT2D eigenvalue weighted by molar-refractivity contribution is 0.0969. The topological polar surface area (TPSA) is 62.7 Å². The Morgan fingerprint density at radius 2 is 1.24 bits per heavy atom. The van der Waals surface area contributed by atoms with Gasteiger partial charge in [-0.15, -0.1) is 0 Å². The first-order chi connectivity index (χ1) is 22.3. The van der Waals surface area contributed by atoms with Gasteiger partial charge in [0.2, 0.25) is 0 Å². The molecule has 260 valence electrons. The van der Waals surface area contributed by atoms with Crippen molar-refractivity contribution in [3.63, 3.8) is 0 Å². The van der Waals surface area contributed by atoms with E-state index < -0.39 is 5.82 Å². The number of aromatic nitrogens is 1. The molecule has 0 aliphatic heterocycles. The van der Waals surface area contributed by atoms with Crippen molar-refractivity contribution in [2.45, 2.75) is 156 Å². The SMILES string of the molecule is COc1ccc(C(=O)N(CC(C)(C)CCCCCCCCCCCCCCCCCCCCCCO)c2cccc(C)n2)c(F)c1. The van der Waals surface area contributed by atoms with Crippen LogP contribution in [0.25, 0.3) is 0 Å². The van der Waals surface area contributed by atoms with Gasteiger partial charge < -0.3 is 9.84 Å². The lowest BCUT2D eigenvalue weighted by atomic mass is 9.85. The Kier molecular flexibility index (Phi) is 20.5. The zero-order chi connectivity index (χ0) is 33.5. The molecule has 1 aromatic heterocycles. The second-order valence-corrected chi connectivity index (χ2v) is 14.1. The molecule has 0 aliphatic rings. The summed E-state index contributed by atoms with van der Waals surface area (Å²) >= 11 is 0. The van der Waals surface area contributed by atoms with Crippen LogP contribution >= 0.6 is 0 Å². The molecule has 0 saturated heterocycles. The van der Waals surface area contributed by atoms with Crippen LogP contribution in [-0.4, -0.2) is 36.3 Å². The molecule has 0 bridgehead atoms. The first-order valence-corrected chi connectivity index (χ1v) is 18.5. The fraction of sp³-hybridized carbons (Fsp3) is 0.700. The molecule has 0 aliphatic carbocycles. The number of nitrogens with zero attached hydrogens (tertiary/aromatic N) is 2. The largest absolute Gasteiger partial charge is 0.497 e. The number of halogens is 1. The molecule has 5 nitrogen and oxygen atoms in total. The van der Waals surface area contributed by atoms with E-state index in [-0.39, 0.29) is 16.9 Å². The number of anilines is 1. The van der Waals surface area contributed by atoms with Gasteiger partial charge in [-0.1, -0.05) is 142 Å². The van der Waals surface area contributed by atoms with Crippen LogP contribution in [-0.2, 0) is 0 Å². The van der Waals surface area contributed by atoms with Gasteiger partial charge in [0.25, 0.3) is 5.91 Å². The van der Waals surface area contributed by atoms with E-state index in [4.69, 9.17) is 9.84 Å². The van der Waals surface area contributed by atoms with Crippen LogP contribution in [0.5, 0.6) is 5.75 Å². The van der Waals surface area contributed by atoms with Gasteiger partial charge in [-0.3, -0.25) is 9.69 Å². The minimum absolute atomic E-state index is 0.0310. The minimum atomic E-state index is -0.584. The van der Waals surface area contributed by atoms with Gasteiger partial charge in [-0.2, -0.15) is 0 Å². The van der Waals surface area contributed by atoms with Crippen LogP contribution in [0.1, 0.15) is 165 Å². The maximum absolute atomic E-state index is 14.9. The molecule has 2 aromatic rings. The molecule has 0 spiro atoms. The number of benzene rings is 1. The molecule has 6 heteroatoms. The fourth-order valence-electron chi connectivity index (χ4n) is 6.28. The molecular formula is C40H65FN2O3. The van der Waals surface area contributed by atoms with Crippen molar-refractivity contribution in [2.24, 2.45) is 5.41 Å². The van der Waals surface area contributed by atoms with E-state index in [2.05, 4.69) is 18.8 Å². The number of methoxy groups -OCH3 is 1. The minimum Gasteiger partial charge on any atom is -0.497 e. The second-order valence-electron chi connectivity index (χ2n) is 14.1. The summed E-state index contributed by atoms with van der Waals surface area (Å²) in [6, 6.07) is 10.0. The molecule has 0 saturated carbocycles. The molecule has 1 aromatic carbocycles. The average Bonchev–Trinajstić information content (AvgIpc) is 3.04. The summed E-state index contributed by atoms with van der Waals surface area (Å²) in [4.78, 5) is 19.9. The lowest BCUT2D eigenvalue weighted by Gasteiger charge is -2.32. The number of carbonyl (C=O) groups excluding carboxylic acids is 1. The Hall–Kier alpha value is -2.47. The summed E-state index contributed by atoms with van der Waals surface area (Å²) in [5.74, 6) is -0.0145. The van der Waals surface area contributed by atoms with E-state index in [9.17, 15) is 9.18 Å². The molecule has 1 amide bonds. The van der Waals surface area contributed by atoms with Crippen molar-refractivity contribution in [2.75, 3.05) is 25.2 Å². The Balaban J connectivity index is 1.58. The third-order valence-corrected chi connectivity index (χ3v) is 9.15. The van der Waals surface area contributed by atoms with Crippen LogP contribution in [0.15, 0.2) is 36.4 Å². The van der Waals surface area contributed by atoms with Crippen molar-refractivity contribution >= 4 is 11.7 Å². The Morgan fingerprint density at radius 3 is 1.67 bits per heavy atom. The van der Waals surface area contributed by atoms with E-state index in [0.29, 0.717) is 24.7 Å². The van der Waals surface area contributed by atoms with Crippen LogP contribution in [0.4, 0.5) is 10.2 Å². The number of aliphatic hydroxyl groups excluding tert-OH is 1.